The van der Waals surface area contributed by atoms with E-state index in [1.165, 1.54) is 35.6 Å². The Hall–Kier alpha value is -3.40. The summed E-state index contributed by atoms with van der Waals surface area (Å²) in [5.41, 5.74) is 6.78. The van der Waals surface area contributed by atoms with E-state index in [4.69, 9.17) is 15.2 Å². The largest absolute Gasteiger partial charge is 0.462 e. The van der Waals surface area contributed by atoms with E-state index in [0.717, 1.165) is 10.4 Å². The summed E-state index contributed by atoms with van der Waals surface area (Å²) >= 11 is 1.27. The highest BCUT2D eigenvalue weighted by molar-refractivity contribution is 7.16. The molecule has 0 radical (unpaired) electrons. The number of carbonyl (C=O) groups excluding carboxylic acids is 4. The first-order chi connectivity index (χ1) is 14.3. The maximum absolute atomic E-state index is 12.3. The molecule has 1 aromatic carbocycles. The van der Waals surface area contributed by atoms with E-state index in [1.54, 1.807) is 6.92 Å². The van der Waals surface area contributed by atoms with Crippen LogP contribution in [0.5, 0.6) is 0 Å². The van der Waals surface area contributed by atoms with Crippen LogP contribution in [0.3, 0.4) is 0 Å². The number of hydrogen-bond acceptors (Lipinski definition) is 7. The number of hydrogen-bond donors (Lipinski definition) is 3. The minimum Gasteiger partial charge on any atom is -0.462 e. The summed E-state index contributed by atoms with van der Waals surface area (Å²) in [5.74, 6) is -1.79. The maximum atomic E-state index is 12.3. The van der Waals surface area contributed by atoms with Crippen molar-refractivity contribution in [2.45, 2.75) is 27.2 Å². The van der Waals surface area contributed by atoms with Crippen molar-refractivity contribution >= 4 is 45.9 Å². The summed E-state index contributed by atoms with van der Waals surface area (Å²) in [4.78, 5) is 48.4. The molecule has 0 saturated heterocycles. The van der Waals surface area contributed by atoms with Gasteiger partial charge < -0.3 is 25.8 Å². The topological polar surface area (TPSA) is 137 Å². The summed E-state index contributed by atoms with van der Waals surface area (Å²) in [5, 5.41) is 5.36. The zero-order chi connectivity index (χ0) is 22.3. The molecule has 0 atom stereocenters. The molecule has 0 bridgehead atoms. The molecule has 0 aliphatic carbocycles. The first-order valence-corrected chi connectivity index (χ1v) is 10.0. The summed E-state index contributed by atoms with van der Waals surface area (Å²) in [6, 6.07) is 5.10. The Morgan fingerprint density at radius 1 is 1.00 bits per heavy atom. The molecule has 30 heavy (non-hydrogen) atoms. The minimum absolute atomic E-state index is 0.199. The maximum Gasteiger partial charge on any atom is 0.341 e. The smallest absolute Gasteiger partial charge is 0.341 e. The molecule has 0 spiro atoms. The van der Waals surface area contributed by atoms with Crippen LogP contribution in [0.25, 0.3) is 0 Å². The monoisotopic (exact) mass is 433 g/mol. The van der Waals surface area contributed by atoms with Crippen molar-refractivity contribution in [2.24, 2.45) is 5.73 Å². The van der Waals surface area contributed by atoms with Gasteiger partial charge in [0.05, 0.1) is 17.7 Å². The highest BCUT2D eigenvalue weighted by Gasteiger charge is 2.23. The second-order valence-electron chi connectivity index (χ2n) is 6.11. The molecule has 1 aromatic heterocycles. The zero-order valence-electron chi connectivity index (χ0n) is 16.9. The number of carbonyl (C=O) groups is 4. The molecular weight excluding hydrogens is 410 g/mol. The molecule has 2 rings (SSSR count). The van der Waals surface area contributed by atoms with Crippen LogP contribution in [0.15, 0.2) is 24.3 Å². The lowest BCUT2D eigenvalue weighted by atomic mass is 10.1. The molecule has 0 aliphatic rings. The van der Waals surface area contributed by atoms with Crippen molar-refractivity contribution in [2.75, 3.05) is 23.8 Å². The van der Waals surface area contributed by atoms with Gasteiger partial charge in [-0.2, -0.15) is 0 Å². The molecule has 0 saturated carbocycles. The van der Waals surface area contributed by atoms with Gasteiger partial charge in [0, 0.05) is 10.6 Å². The SMILES string of the molecule is CCOC(=O)c1c(NC(=O)COC(=O)c2ccc(NC(N)=O)cc2)sc(C)c1CC. The van der Waals surface area contributed by atoms with Gasteiger partial charge in [0.1, 0.15) is 5.00 Å². The van der Waals surface area contributed by atoms with Crippen LogP contribution in [-0.2, 0) is 20.7 Å². The summed E-state index contributed by atoms with van der Waals surface area (Å²) in [6.07, 6.45) is 0.613. The normalized spacial score (nSPS) is 10.2. The Kier molecular flexibility index (Phi) is 7.93. The number of rotatable bonds is 8. The quantitative estimate of drug-likeness (QED) is 0.547. The number of aryl methyl sites for hydroxylation is 1. The van der Waals surface area contributed by atoms with E-state index in [-0.39, 0.29) is 12.2 Å². The number of urea groups is 1. The van der Waals surface area contributed by atoms with E-state index in [2.05, 4.69) is 10.6 Å². The Morgan fingerprint density at radius 3 is 2.23 bits per heavy atom. The highest BCUT2D eigenvalue weighted by atomic mass is 32.1. The number of thiophene rings is 1. The van der Waals surface area contributed by atoms with Crippen LogP contribution in [0.2, 0.25) is 0 Å². The van der Waals surface area contributed by atoms with Gasteiger partial charge in [-0.15, -0.1) is 11.3 Å². The Labute approximate surface area is 177 Å². The number of benzene rings is 1. The predicted octanol–water partition coefficient (Wildman–Crippen LogP) is 3.08. The number of esters is 2. The first-order valence-electron chi connectivity index (χ1n) is 9.19. The molecule has 0 fully saturated rings. The third kappa shape index (κ3) is 5.80. The fourth-order valence-corrected chi connectivity index (χ4v) is 3.87. The second kappa shape index (κ2) is 10.4. The van der Waals surface area contributed by atoms with E-state index >= 15 is 0 Å². The van der Waals surface area contributed by atoms with Gasteiger partial charge in [0.25, 0.3) is 5.91 Å². The highest BCUT2D eigenvalue weighted by Crippen LogP contribution is 2.34. The molecule has 10 heteroatoms. The number of anilines is 2. The van der Waals surface area contributed by atoms with Gasteiger partial charge in [0.15, 0.2) is 6.61 Å². The zero-order valence-corrected chi connectivity index (χ0v) is 17.7. The number of nitrogens with one attached hydrogen (secondary N) is 2. The number of amides is 3. The molecule has 1 heterocycles. The van der Waals surface area contributed by atoms with Crippen molar-refractivity contribution in [3.8, 4) is 0 Å². The fourth-order valence-electron chi connectivity index (χ4n) is 2.72. The average molecular weight is 433 g/mol. The van der Waals surface area contributed by atoms with E-state index < -0.39 is 30.5 Å². The lowest BCUT2D eigenvalue weighted by Gasteiger charge is -2.09. The number of nitrogens with two attached hydrogens (primary N) is 1. The minimum atomic E-state index is -0.723. The van der Waals surface area contributed by atoms with Crippen molar-refractivity contribution in [3.05, 3.63) is 45.8 Å². The average Bonchev–Trinajstić information content (AvgIpc) is 3.01. The molecule has 9 nitrogen and oxygen atoms in total. The number of primary amides is 1. The van der Waals surface area contributed by atoms with Gasteiger partial charge in [0.2, 0.25) is 0 Å². The lowest BCUT2D eigenvalue weighted by Crippen LogP contribution is -2.22. The van der Waals surface area contributed by atoms with Gasteiger partial charge in [-0.05, 0) is 50.1 Å². The summed E-state index contributed by atoms with van der Waals surface area (Å²) in [6.45, 7) is 5.17. The molecule has 3 amide bonds. The van der Waals surface area contributed by atoms with Crippen LogP contribution in [-0.4, -0.2) is 37.1 Å². The van der Waals surface area contributed by atoms with Crippen molar-refractivity contribution < 1.29 is 28.7 Å². The van der Waals surface area contributed by atoms with Gasteiger partial charge in [-0.25, -0.2) is 14.4 Å². The Morgan fingerprint density at radius 2 is 1.67 bits per heavy atom. The second-order valence-corrected chi connectivity index (χ2v) is 7.33. The van der Waals surface area contributed by atoms with Crippen molar-refractivity contribution in [3.63, 3.8) is 0 Å². The summed E-state index contributed by atoms with van der Waals surface area (Å²) in [7, 11) is 0. The first kappa shape index (κ1) is 22.9. The van der Waals surface area contributed by atoms with Gasteiger partial charge >= 0.3 is 18.0 Å². The fraction of sp³-hybridized carbons (Fsp3) is 0.300. The Balaban J connectivity index is 2.01. The molecule has 160 valence electrons. The van der Waals surface area contributed by atoms with E-state index in [9.17, 15) is 19.2 Å². The standard InChI is InChI=1S/C20H23N3O6S/c1-4-14-11(3)30-17(16(14)19(26)28-5-2)23-15(24)10-29-18(25)12-6-8-13(9-7-12)22-20(21)27/h6-9H,4-5,10H2,1-3H3,(H,23,24)(H3,21,22,27). The van der Waals surface area contributed by atoms with E-state index in [0.29, 0.717) is 22.7 Å². The Bertz CT molecular complexity index is 952. The molecule has 2 aromatic rings. The number of ether oxygens (including phenoxy) is 2. The van der Waals surface area contributed by atoms with Crippen molar-refractivity contribution in [1.82, 2.24) is 0 Å². The summed E-state index contributed by atoms with van der Waals surface area (Å²) < 4.78 is 10.1. The van der Waals surface area contributed by atoms with Crippen LogP contribution < -0.4 is 16.4 Å². The third-order valence-corrected chi connectivity index (χ3v) is 5.08. The molecule has 0 aliphatic heterocycles. The van der Waals surface area contributed by atoms with Crippen molar-refractivity contribution in [1.29, 1.82) is 0 Å². The van der Waals surface area contributed by atoms with Crippen LogP contribution in [0.1, 0.15) is 45.0 Å². The molecular formula is C20H23N3O6S. The molecule has 4 N–H and O–H groups in total. The van der Waals surface area contributed by atoms with Gasteiger partial charge in [-0.3, -0.25) is 4.79 Å². The van der Waals surface area contributed by atoms with Crippen LogP contribution in [0.4, 0.5) is 15.5 Å². The predicted molar refractivity (Wildman–Crippen MR) is 113 cm³/mol. The van der Waals surface area contributed by atoms with Crippen LogP contribution >= 0.6 is 11.3 Å². The molecule has 0 unspecified atom stereocenters. The van der Waals surface area contributed by atoms with Crippen LogP contribution in [0, 0.1) is 6.92 Å². The van der Waals surface area contributed by atoms with E-state index in [1.807, 2.05) is 13.8 Å². The lowest BCUT2D eigenvalue weighted by molar-refractivity contribution is -0.119. The third-order valence-electron chi connectivity index (χ3n) is 4.02. The van der Waals surface area contributed by atoms with Gasteiger partial charge in [-0.1, -0.05) is 6.92 Å².